The molecule has 0 amide bonds. The summed E-state index contributed by atoms with van der Waals surface area (Å²) in [5.74, 6) is 0. The summed E-state index contributed by atoms with van der Waals surface area (Å²) in [7, 11) is 0. The molecule has 4 nitrogen and oxygen atoms in total. The van der Waals surface area contributed by atoms with Crippen LogP contribution in [0.1, 0.15) is 45.6 Å². The summed E-state index contributed by atoms with van der Waals surface area (Å²) in [4.78, 5) is 12.8. The minimum Gasteiger partial charge on any atom is -0.297 e. The standard InChI is InChI=1S/C15H23ClN2O2/c1-4-5-6-9-17(12(2)3)11-13-7-8-14(16)15(10-13)18(19)20/h7-8,10,12H,4-6,9,11H2,1-3H3. The molecule has 0 saturated heterocycles. The predicted octanol–water partition coefficient (Wildman–Crippen LogP) is 4.65. The van der Waals surface area contributed by atoms with Crippen LogP contribution in [0.2, 0.25) is 5.02 Å². The predicted molar refractivity (Wildman–Crippen MR) is 83.2 cm³/mol. The van der Waals surface area contributed by atoms with Gasteiger partial charge in [0.15, 0.2) is 0 Å². The summed E-state index contributed by atoms with van der Waals surface area (Å²) in [6.45, 7) is 8.22. The van der Waals surface area contributed by atoms with Crippen LogP contribution in [0.25, 0.3) is 0 Å². The maximum Gasteiger partial charge on any atom is 0.288 e. The lowest BCUT2D eigenvalue weighted by Gasteiger charge is -2.26. The Morgan fingerprint density at radius 3 is 2.60 bits per heavy atom. The van der Waals surface area contributed by atoms with E-state index in [1.54, 1.807) is 12.1 Å². The molecule has 0 spiro atoms. The highest BCUT2D eigenvalue weighted by Gasteiger charge is 2.15. The highest BCUT2D eigenvalue weighted by Crippen LogP contribution is 2.26. The van der Waals surface area contributed by atoms with E-state index in [4.69, 9.17) is 11.6 Å². The van der Waals surface area contributed by atoms with Crippen LogP contribution >= 0.6 is 11.6 Å². The zero-order valence-corrected chi connectivity index (χ0v) is 13.2. The second-order valence-electron chi connectivity index (χ2n) is 5.31. The SMILES string of the molecule is CCCCCN(Cc1ccc(Cl)c([N+](=O)[O-])c1)C(C)C. The van der Waals surface area contributed by atoms with Crippen LogP contribution in [-0.4, -0.2) is 22.4 Å². The summed E-state index contributed by atoms with van der Waals surface area (Å²) in [6.07, 6.45) is 3.56. The first-order chi connectivity index (χ1) is 9.45. The quantitative estimate of drug-likeness (QED) is 0.399. The van der Waals surface area contributed by atoms with Crippen LogP contribution < -0.4 is 0 Å². The van der Waals surface area contributed by atoms with Crippen molar-refractivity contribution in [2.45, 2.75) is 52.6 Å². The third-order valence-electron chi connectivity index (χ3n) is 3.37. The summed E-state index contributed by atoms with van der Waals surface area (Å²) in [6, 6.07) is 5.48. The van der Waals surface area contributed by atoms with E-state index in [0.29, 0.717) is 6.04 Å². The Hall–Kier alpha value is -1.13. The van der Waals surface area contributed by atoms with Crippen LogP contribution in [-0.2, 0) is 6.54 Å². The average Bonchev–Trinajstić information content (AvgIpc) is 2.39. The zero-order chi connectivity index (χ0) is 15.1. The Balaban J connectivity index is 2.78. The van der Waals surface area contributed by atoms with E-state index in [1.165, 1.54) is 12.8 Å². The smallest absolute Gasteiger partial charge is 0.288 e. The maximum absolute atomic E-state index is 10.9. The van der Waals surface area contributed by atoms with E-state index in [1.807, 2.05) is 6.07 Å². The molecular formula is C15H23ClN2O2. The minimum atomic E-state index is -0.428. The van der Waals surface area contributed by atoms with Gasteiger partial charge in [0, 0.05) is 18.7 Å². The highest BCUT2D eigenvalue weighted by atomic mass is 35.5. The maximum atomic E-state index is 10.9. The molecule has 0 aliphatic heterocycles. The van der Waals surface area contributed by atoms with Gasteiger partial charge in [0.05, 0.1) is 4.92 Å². The van der Waals surface area contributed by atoms with Crippen LogP contribution in [0, 0.1) is 10.1 Å². The van der Waals surface area contributed by atoms with Gasteiger partial charge in [-0.3, -0.25) is 15.0 Å². The number of benzene rings is 1. The lowest BCUT2D eigenvalue weighted by molar-refractivity contribution is -0.384. The molecule has 0 aromatic heterocycles. The largest absolute Gasteiger partial charge is 0.297 e. The van der Waals surface area contributed by atoms with Crippen molar-refractivity contribution >= 4 is 17.3 Å². The van der Waals surface area contributed by atoms with Gasteiger partial charge in [-0.1, -0.05) is 37.4 Å². The number of hydrogen-bond donors (Lipinski definition) is 0. The number of nitro groups is 1. The van der Waals surface area contributed by atoms with Crippen molar-refractivity contribution in [3.8, 4) is 0 Å². The average molecular weight is 299 g/mol. The van der Waals surface area contributed by atoms with Gasteiger partial charge < -0.3 is 0 Å². The van der Waals surface area contributed by atoms with Crippen LogP contribution in [0.15, 0.2) is 18.2 Å². The van der Waals surface area contributed by atoms with Crippen molar-refractivity contribution in [3.63, 3.8) is 0 Å². The fraction of sp³-hybridized carbons (Fsp3) is 0.600. The van der Waals surface area contributed by atoms with E-state index in [9.17, 15) is 10.1 Å². The monoisotopic (exact) mass is 298 g/mol. The Bertz CT molecular complexity index is 449. The summed E-state index contributed by atoms with van der Waals surface area (Å²) in [5.41, 5.74) is 0.924. The van der Waals surface area contributed by atoms with E-state index in [0.717, 1.165) is 25.1 Å². The highest BCUT2D eigenvalue weighted by molar-refractivity contribution is 6.32. The topological polar surface area (TPSA) is 46.4 Å². The molecule has 1 aromatic carbocycles. The first-order valence-electron chi connectivity index (χ1n) is 7.12. The van der Waals surface area contributed by atoms with Gasteiger partial charge in [-0.25, -0.2) is 0 Å². The molecule has 0 saturated carbocycles. The first kappa shape index (κ1) is 16.9. The van der Waals surface area contributed by atoms with Crippen molar-refractivity contribution in [2.24, 2.45) is 0 Å². The Labute approximate surface area is 125 Å². The molecule has 0 fully saturated rings. The fourth-order valence-corrected chi connectivity index (χ4v) is 2.30. The van der Waals surface area contributed by atoms with Gasteiger partial charge in [-0.2, -0.15) is 0 Å². The van der Waals surface area contributed by atoms with Gasteiger partial charge in [0.1, 0.15) is 5.02 Å². The van der Waals surface area contributed by atoms with E-state index in [-0.39, 0.29) is 10.7 Å². The van der Waals surface area contributed by atoms with Crippen molar-refractivity contribution in [1.82, 2.24) is 4.90 Å². The Morgan fingerprint density at radius 2 is 2.05 bits per heavy atom. The molecule has 5 heteroatoms. The molecule has 0 N–H and O–H groups in total. The molecule has 0 heterocycles. The number of unbranched alkanes of at least 4 members (excludes halogenated alkanes) is 2. The van der Waals surface area contributed by atoms with Gasteiger partial charge >= 0.3 is 0 Å². The number of halogens is 1. The molecule has 0 aliphatic carbocycles. The molecule has 0 atom stereocenters. The van der Waals surface area contributed by atoms with E-state index >= 15 is 0 Å². The zero-order valence-electron chi connectivity index (χ0n) is 12.4. The first-order valence-corrected chi connectivity index (χ1v) is 7.50. The lowest BCUT2D eigenvalue weighted by Crippen LogP contribution is -2.31. The molecule has 0 unspecified atom stereocenters. The van der Waals surface area contributed by atoms with Crippen LogP contribution in [0.4, 0.5) is 5.69 Å². The van der Waals surface area contributed by atoms with Gasteiger partial charge in [-0.15, -0.1) is 0 Å². The van der Waals surface area contributed by atoms with Gasteiger partial charge in [-0.05, 0) is 38.4 Å². The van der Waals surface area contributed by atoms with Gasteiger partial charge in [0.2, 0.25) is 0 Å². The van der Waals surface area contributed by atoms with E-state index in [2.05, 4.69) is 25.7 Å². The summed E-state index contributed by atoms with van der Waals surface area (Å²) in [5, 5.41) is 11.1. The number of nitrogens with zero attached hydrogens (tertiary/aromatic N) is 2. The van der Waals surface area contributed by atoms with Crippen molar-refractivity contribution in [1.29, 1.82) is 0 Å². The lowest BCUT2D eigenvalue weighted by atomic mass is 10.1. The van der Waals surface area contributed by atoms with E-state index < -0.39 is 4.92 Å². The molecule has 0 radical (unpaired) electrons. The van der Waals surface area contributed by atoms with Crippen molar-refractivity contribution in [3.05, 3.63) is 38.9 Å². The molecular weight excluding hydrogens is 276 g/mol. The second-order valence-corrected chi connectivity index (χ2v) is 5.72. The molecule has 1 aromatic rings. The van der Waals surface area contributed by atoms with Crippen molar-refractivity contribution in [2.75, 3.05) is 6.54 Å². The molecule has 20 heavy (non-hydrogen) atoms. The third kappa shape index (κ3) is 5.10. The van der Waals surface area contributed by atoms with Crippen LogP contribution in [0.3, 0.4) is 0 Å². The Morgan fingerprint density at radius 1 is 1.35 bits per heavy atom. The molecule has 1 rings (SSSR count). The summed E-state index contributed by atoms with van der Waals surface area (Å²) >= 11 is 5.84. The van der Waals surface area contributed by atoms with Crippen LogP contribution in [0.5, 0.6) is 0 Å². The molecule has 0 bridgehead atoms. The number of nitro benzene ring substituents is 1. The number of rotatable bonds is 8. The minimum absolute atomic E-state index is 0.0126. The molecule has 0 aliphatic rings. The van der Waals surface area contributed by atoms with Crippen molar-refractivity contribution < 1.29 is 4.92 Å². The fourth-order valence-electron chi connectivity index (χ4n) is 2.12. The van der Waals surface area contributed by atoms with Gasteiger partial charge in [0.25, 0.3) is 5.69 Å². The molecule has 112 valence electrons. The second kappa shape index (κ2) is 8.22. The normalized spacial score (nSPS) is 11.3. The third-order valence-corrected chi connectivity index (χ3v) is 3.69. The number of hydrogen-bond acceptors (Lipinski definition) is 3. The summed E-state index contributed by atoms with van der Waals surface area (Å²) < 4.78 is 0. The Kier molecular flexibility index (Phi) is 6.96.